The summed E-state index contributed by atoms with van der Waals surface area (Å²) >= 11 is 0. The Bertz CT molecular complexity index is 212. The zero-order chi connectivity index (χ0) is 10.3. The van der Waals surface area contributed by atoms with Gasteiger partial charge in [-0.3, -0.25) is 4.90 Å². The molecule has 0 aromatic heterocycles. The highest BCUT2D eigenvalue weighted by Gasteiger charge is 2.48. The molecule has 82 valence electrons. The molecule has 3 N–H and O–H groups in total. The van der Waals surface area contributed by atoms with Crippen LogP contribution in [0.4, 0.5) is 0 Å². The first kappa shape index (κ1) is 10.4. The molecule has 0 aliphatic carbocycles. The summed E-state index contributed by atoms with van der Waals surface area (Å²) < 4.78 is 0. The maximum atomic E-state index is 9.77. The van der Waals surface area contributed by atoms with Crippen molar-refractivity contribution in [2.24, 2.45) is 0 Å². The minimum absolute atomic E-state index is 0.247. The number of hydrogen-bond donors (Lipinski definition) is 3. The quantitative estimate of drug-likeness (QED) is 0.526. The second-order valence-corrected chi connectivity index (χ2v) is 4.45. The molecule has 0 amide bonds. The van der Waals surface area contributed by atoms with Gasteiger partial charge < -0.3 is 15.3 Å². The summed E-state index contributed by atoms with van der Waals surface area (Å²) in [5, 5.41) is 29.0. The van der Waals surface area contributed by atoms with E-state index in [1.165, 1.54) is 0 Å². The van der Waals surface area contributed by atoms with Crippen molar-refractivity contribution in [3.63, 3.8) is 0 Å². The summed E-state index contributed by atoms with van der Waals surface area (Å²) in [6, 6.07) is 0.166. The van der Waals surface area contributed by atoms with Crippen molar-refractivity contribution in [1.29, 1.82) is 0 Å². The van der Waals surface area contributed by atoms with E-state index in [4.69, 9.17) is 0 Å². The maximum Gasteiger partial charge on any atom is 0.0991 e. The first-order valence-electron chi connectivity index (χ1n) is 5.45. The molecule has 0 saturated carbocycles. The average Bonchev–Trinajstić information content (AvgIpc) is 2.45. The summed E-state index contributed by atoms with van der Waals surface area (Å²) in [6.07, 6.45) is 0.769. The van der Waals surface area contributed by atoms with Crippen molar-refractivity contribution in [3.8, 4) is 0 Å². The Morgan fingerprint density at radius 1 is 1.14 bits per heavy atom. The number of hydrogen-bond acceptors (Lipinski definition) is 4. The number of aliphatic hydroxyl groups is 3. The van der Waals surface area contributed by atoms with Gasteiger partial charge in [-0.25, -0.2) is 0 Å². The lowest BCUT2D eigenvalue weighted by Crippen LogP contribution is -2.53. The minimum Gasteiger partial charge on any atom is -0.391 e. The molecule has 0 spiro atoms. The van der Waals surface area contributed by atoms with Crippen LogP contribution in [0.2, 0.25) is 0 Å². The second kappa shape index (κ2) is 3.77. The molecule has 4 heteroatoms. The molecule has 4 nitrogen and oxygen atoms in total. The Hall–Kier alpha value is -0.160. The van der Waals surface area contributed by atoms with Gasteiger partial charge in [-0.2, -0.15) is 0 Å². The van der Waals surface area contributed by atoms with Gasteiger partial charge >= 0.3 is 0 Å². The van der Waals surface area contributed by atoms with E-state index in [1.807, 2.05) is 0 Å². The van der Waals surface area contributed by atoms with Gasteiger partial charge in [-0.15, -0.1) is 0 Å². The third-order valence-corrected chi connectivity index (χ3v) is 3.66. The SMILES string of the molecule is CC[C@H]1CC[C@@H](O)[C@@H]2[C@H](O)[C@H](O)CN12. The van der Waals surface area contributed by atoms with Gasteiger partial charge in [0.1, 0.15) is 0 Å². The molecule has 2 rings (SSSR count). The third-order valence-electron chi connectivity index (χ3n) is 3.66. The molecule has 2 aliphatic heterocycles. The van der Waals surface area contributed by atoms with Crippen LogP contribution in [0.3, 0.4) is 0 Å². The van der Waals surface area contributed by atoms with Gasteiger partial charge in [0.05, 0.1) is 24.4 Å². The molecule has 14 heavy (non-hydrogen) atoms. The van der Waals surface area contributed by atoms with Crippen molar-refractivity contribution in [3.05, 3.63) is 0 Å². The van der Waals surface area contributed by atoms with E-state index in [0.29, 0.717) is 12.6 Å². The highest BCUT2D eigenvalue weighted by molar-refractivity contribution is 5.02. The van der Waals surface area contributed by atoms with Crippen molar-refractivity contribution >= 4 is 0 Å². The third kappa shape index (κ3) is 1.46. The zero-order valence-corrected chi connectivity index (χ0v) is 8.50. The van der Waals surface area contributed by atoms with Crippen LogP contribution in [0, 0.1) is 0 Å². The Morgan fingerprint density at radius 2 is 1.86 bits per heavy atom. The van der Waals surface area contributed by atoms with E-state index in [-0.39, 0.29) is 6.04 Å². The lowest BCUT2D eigenvalue weighted by atomic mass is 9.91. The predicted molar refractivity (Wildman–Crippen MR) is 51.8 cm³/mol. The molecular formula is C10H19NO3. The van der Waals surface area contributed by atoms with Gasteiger partial charge in [0.2, 0.25) is 0 Å². The van der Waals surface area contributed by atoms with Crippen LogP contribution >= 0.6 is 0 Å². The minimum atomic E-state index is -0.778. The van der Waals surface area contributed by atoms with E-state index >= 15 is 0 Å². The number of fused-ring (bicyclic) bond motifs is 1. The molecule has 0 radical (unpaired) electrons. The van der Waals surface area contributed by atoms with E-state index in [1.54, 1.807) is 0 Å². The van der Waals surface area contributed by atoms with Gasteiger partial charge in [0.15, 0.2) is 0 Å². The van der Waals surface area contributed by atoms with Crippen molar-refractivity contribution in [2.75, 3.05) is 6.54 Å². The number of aliphatic hydroxyl groups excluding tert-OH is 3. The Morgan fingerprint density at radius 3 is 2.50 bits per heavy atom. The van der Waals surface area contributed by atoms with Crippen LogP contribution in [-0.4, -0.2) is 57.2 Å². The molecule has 0 aromatic carbocycles. The largest absolute Gasteiger partial charge is 0.391 e. The van der Waals surface area contributed by atoms with Crippen molar-refractivity contribution in [1.82, 2.24) is 4.90 Å². The summed E-state index contributed by atoms with van der Waals surface area (Å²) in [4.78, 5) is 2.07. The highest BCUT2D eigenvalue weighted by Crippen LogP contribution is 2.32. The van der Waals surface area contributed by atoms with E-state index < -0.39 is 18.3 Å². The molecule has 2 saturated heterocycles. The van der Waals surface area contributed by atoms with Crippen molar-refractivity contribution < 1.29 is 15.3 Å². The summed E-state index contributed by atoms with van der Waals surface area (Å²) in [7, 11) is 0. The van der Waals surface area contributed by atoms with Gasteiger partial charge in [0, 0.05) is 12.6 Å². The molecular weight excluding hydrogens is 182 g/mol. The van der Waals surface area contributed by atoms with E-state index in [2.05, 4.69) is 11.8 Å². The van der Waals surface area contributed by atoms with Crippen LogP contribution in [0.1, 0.15) is 26.2 Å². The molecule has 2 aliphatic rings. The predicted octanol–water partition coefficient (Wildman–Crippen LogP) is -0.674. The number of rotatable bonds is 1. The lowest BCUT2D eigenvalue weighted by Gasteiger charge is -2.40. The Kier molecular flexibility index (Phi) is 2.79. The summed E-state index contributed by atoms with van der Waals surface area (Å²) in [6.45, 7) is 2.61. The normalized spacial score (nSPS) is 49.3. The zero-order valence-electron chi connectivity index (χ0n) is 8.50. The summed E-state index contributed by atoms with van der Waals surface area (Å²) in [5.74, 6) is 0. The fraction of sp³-hybridized carbons (Fsp3) is 1.00. The van der Waals surface area contributed by atoms with Crippen LogP contribution < -0.4 is 0 Å². The monoisotopic (exact) mass is 201 g/mol. The van der Waals surface area contributed by atoms with Crippen LogP contribution in [-0.2, 0) is 0 Å². The fourth-order valence-electron chi connectivity index (χ4n) is 2.85. The summed E-state index contributed by atoms with van der Waals surface area (Å²) in [5.41, 5.74) is 0. The Labute approximate surface area is 84.2 Å². The first-order chi connectivity index (χ1) is 6.65. The van der Waals surface area contributed by atoms with Crippen LogP contribution in [0.5, 0.6) is 0 Å². The number of nitrogens with zero attached hydrogens (tertiary/aromatic N) is 1. The van der Waals surface area contributed by atoms with E-state index in [0.717, 1.165) is 19.3 Å². The molecule has 2 heterocycles. The van der Waals surface area contributed by atoms with E-state index in [9.17, 15) is 15.3 Å². The van der Waals surface area contributed by atoms with Crippen LogP contribution in [0.15, 0.2) is 0 Å². The smallest absolute Gasteiger partial charge is 0.0991 e. The molecule has 5 atom stereocenters. The molecule has 0 bridgehead atoms. The lowest BCUT2D eigenvalue weighted by molar-refractivity contribution is -0.0457. The molecule has 2 fully saturated rings. The molecule has 0 aromatic rings. The standard InChI is InChI=1S/C10H19NO3/c1-2-6-3-4-7(12)9-10(14)8(13)5-11(6)9/h6-10,12-14H,2-5H2,1H3/t6-,7+,8+,9+,10+/m0/s1. The van der Waals surface area contributed by atoms with Crippen LogP contribution in [0.25, 0.3) is 0 Å². The van der Waals surface area contributed by atoms with Crippen molar-refractivity contribution in [2.45, 2.75) is 56.6 Å². The average molecular weight is 201 g/mol. The highest BCUT2D eigenvalue weighted by atomic mass is 16.3. The second-order valence-electron chi connectivity index (χ2n) is 4.45. The molecule has 0 unspecified atom stereocenters. The van der Waals surface area contributed by atoms with Gasteiger partial charge in [-0.05, 0) is 19.3 Å². The topological polar surface area (TPSA) is 63.9 Å². The first-order valence-corrected chi connectivity index (χ1v) is 5.45. The van der Waals surface area contributed by atoms with Gasteiger partial charge in [-0.1, -0.05) is 6.92 Å². The number of piperidine rings is 1. The maximum absolute atomic E-state index is 9.77. The fourth-order valence-corrected chi connectivity index (χ4v) is 2.85. The Balaban J connectivity index is 2.15. The van der Waals surface area contributed by atoms with Gasteiger partial charge in [0.25, 0.3) is 0 Å².